The monoisotopic (exact) mass is 391 g/mol. The minimum Gasteiger partial charge on any atom is -0.304 e. The molecular weight excluding hydrogens is 369 g/mol. The zero-order valence-electron chi connectivity index (χ0n) is 15.1. The van der Waals surface area contributed by atoms with Gasteiger partial charge in [0, 0.05) is 38.3 Å². The van der Waals surface area contributed by atoms with Gasteiger partial charge in [0.25, 0.3) is 15.9 Å². The van der Waals surface area contributed by atoms with E-state index in [2.05, 4.69) is 16.8 Å². The number of benzene rings is 2. The summed E-state index contributed by atoms with van der Waals surface area (Å²) in [6, 6.07) is 11.3. The summed E-state index contributed by atoms with van der Waals surface area (Å²) in [5.74, 6) is -1.25. The second-order valence-electron chi connectivity index (χ2n) is 6.67. The van der Waals surface area contributed by atoms with Crippen molar-refractivity contribution in [2.75, 3.05) is 33.2 Å². The van der Waals surface area contributed by atoms with Crippen molar-refractivity contribution in [1.82, 2.24) is 14.5 Å². The summed E-state index contributed by atoms with van der Waals surface area (Å²) in [5, 5.41) is 0. The van der Waals surface area contributed by atoms with Crippen molar-refractivity contribution >= 4 is 15.9 Å². The van der Waals surface area contributed by atoms with Gasteiger partial charge in [0.15, 0.2) is 0 Å². The predicted molar refractivity (Wildman–Crippen MR) is 100 cm³/mol. The van der Waals surface area contributed by atoms with Crippen LogP contribution in [0.1, 0.15) is 15.9 Å². The first-order chi connectivity index (χ1) is 12.8. The lowest BCUT2D eigenvalue weighted by atomic mass is 10.1. The van der Waals surface area contributed by atoms with Crippen LogP contribution in [0.3, 0.4) is 0 Å². The summed E-state index contributed by atoms with van der Waals surface area (Å²) in [6.07, 6.45) is 0. The third-order valence-electron chi connectivity index (χ3n) is 4.54. The maximum atomic E-state index is 13.0. The summed E-state index contributed by atoms with van der Waals surface area (Å²) in [7, 11) is -1.97. The standard InChI is InChI=1S/C19H22FN3O3S/c1-22-9-11-23(12-10-22)14-15-3-2-4-16(13-15)19(24)21-27(25,26)18-7-5-17(20)6-8-18/h2-8,13H,9-12,14H2,1H3,(H,21,24). The van der Waals surface area contributed by atoms with Crippen molar-refractivity contribution in [3.8, 4) is 0 Å². The van der Waals surface area contributed by atoms with Gasteiger partial charge in [0.2, 0.25) is 0 Å². The molecule has 3 rings (SSSR count). The Kier molecular flexibility index (Phi) is 5.88. The molecule has 0 radical (unpaired) electrons. The molecule has 0 saturated carbocycles. The molecule has 2 aromatic carbocycles. The quantitative estimate of drug-likeness (QED) is 0.840. The maximum Gasteiger partial charge on any atom is 0.265 e. The van der Waals surface area contributed by atoms with Crippen molar-refractivity contribution < 1.29 is 17.6 Å². The van der Waals surface area contributed by atoms with Gasteiger partial charge in [-0.1, -0.05) is 12.1 Å². The van der Waals surface area contributed by atoms with Crippen LogP contribution in [-0.4, -0.2) is 57.4 Å². The fraction of sp³-hybridized carbons (Fsp3) is 0.316. The van der Waals surface area contributed by atoms with Crippen molar-refractivity contribution in [2.45, 2.75) is 11.4 Å². The molecule has 0 atom stereocenters. The highest BCUT2D eigenvalue weighted by molar-refractivity contribution is 7.90. The highest BCUT2D eigenvalue weighted by Gasteiger charge is 2.19. The molecular formula is C19H22FN3O3S. The van der Waals surface area contributed by atoms with Gasteiger partial charge in [-0.15, -0.1) is 0 Å². The number of carbonyl (C=O) groups is 1. The number of hydrogen-bond acceptors (Lipinski definition) is 5. The number of nitrogens with zero attached hydrogens (tertiary/aromatic N) is 2. The first kappa shape index (κ1) is 19.5. The Morgan fingerprint density at radius 3 is 2.41 bits per heavy atom. The summed E-state index contributed by atoms with van der Waals surface area (Å²) < 4.78 is 39.6. The fourth-order valence-corrected chi connectivity index (χ4v) is 3.90. The number of rotatable bonds is 5. The molecule has 1 aliphatic heterocycles. The number of hydrogen-bond donors (Lipinski definition) is 1. The van der Waals surface area contributed by atoms with Crippen molar-refractivity contribution in [1.29, 1.82) is 0 Å². The molecule has 0 aromatic heterocycles. The third-order valence-corrected chi connectivity index (χ3v) is 5.89. The summed E-state index contributed by atoms with van der Waals surface area (Å²) in [5.41, 5.74) is 1.22. The van der Waals surface area contributed by atoms with Crippen LogP contribution >= 0.6 is 0 Å². The molecule has 0 unspecified atom stereocenters. The normalized spacial score (nSPS) is 16.2. The molecule has 8 heteroatoms. The van der Waals surface area contributed by atoms with E-state index in [1.807, 2.05) is 10.8 Å². The molecule has 0 bridgehead atoms. The number of amides is 1. The van der Waals surface area contributed by atoms with E-state index in [4.69, 9.17) is 0 Å². The van der Waals surface area contributed by atoms with Crippen LogP contribution in [0.2, 0.25) is 0 Å². The average Bonchev–Trinajstić information content (AvgIpc) is 2.64. The second-order valence-corrected chi connectivity index (χ2v) is 8.35. The molecule has 144 valence electrons. The Morgan fingerprint density at radius 2 is 1.74 bits per heavy atom. The van der Waals surface area contributed by atoms with E-state index in [0.717, 1.165) is 56.0 Å². The third kappa shape index (κ3) is 5.12. The highest BCUT2D eigenvalue weighted by Crippen LogP contribution is 2.13. The number of carbonyl (C=O) groups excluding carboxylic acids is 1. The van der Waals surface area contributed by atoms with E-state index in [0.29, 0.717) is 6.54 Å². The van der Waals surface area contributed by atoms with Gasteiger partial charge in [-0.2, -0.15) is 0 Å². The van der Waals surface area contributed by atoms with Crippen LogP contribution in [-0.2, 0) is 16.6 Å². The van der Waals surface area contributed by atoms with E-state index >= 15 is 0 Å². The molecule has 0 aliphatic carbocycles. The molecule has 1 N–H and O–H groups in total. The van der Waals surface area contributed by atoms with E-state index in [1.165, 1.54) is 0 Å². The molecule has 1 amide bonds. The lowest BCUT2D eigenvalue weighted by molar-refractivity contribution is 0.0981. The molecule has 1 heterocycles. The highest BCUT2D eigenvalue weighted by atomic mass is 32.2. The number of halogens is 1. The number of likely N-dealkylation sites (N-methyl/N-ethyl adjacent to an activating group) is 1. The Hall–Kier alpha value is -2.29. The van der Waals surface area contributed by atoms with Crippen LogP contribution in [0.25, 0.3) is 0 Å². The zero-order chi connectivity index (χ0) is 19.4. The predicted octanol–water partition coefficient (Wildman–Crippen LogP) is 1.69. The fourth-order valence-electron chi connectivity index (χ4n) is 2.93. The molecule has 2 aromatic rings. The van der Waals surface area contributed by atoms with Crippen LogP contribution < -0.4 is 4.72 Å². The smallest absolute Gasteiger partial charge is 0.265 e. The van der Waals surface area contributed by atoms with Crippen molar-refractivity contribution in [3.63, 3.8) is 0 Å². The van der Waals surface area contributed by atoms with Gasteiger partial charge in [0.1, 0.15) is 5.82 Å². The van der Waals surface area contributed by atoms with Crippen molar-refractivity contribution in [2.24, 2.45) is 0 Å². The minimum absolute atomic E-state index is 0.161. The lowest BCUT2D eigenvalue weighted by Gasteiger charge is -2.32. The number of sulfonamides is 1. The molecule has 1 fully saturated rings. The van der Waals surface area contributed by atoms with Crippen molar-refractivity contribution in [3.05, 3.63) is 65.5 Å². The Balaban J connectivity index is 1.69. The Labute approximate surface area is 158 Å². The minimum atomic E-state index is -4.05. The first-order valence-electron chi connectivity index (χ1n) is 8.66. The maximum absolute atomic E-state index is 13.0. The molecule has 27 heavy (non-hydrogen) atoms. The lowest BCUT2D eigenvalue weighted by Crippen LogP contribution is -2.43. The van der Waals surface area contributed by atoms with E-state index in [1.54, 1.807) is 18.2 Å². The number of nitrogens with one attached hydrogen (secondary N) is 1. The van der Waals surface area contributed by atoms with Crippen LogP contribution in [0.4, 0.5) is 4.39 Å². The van der Waals surface area contributed by atoms with Gasteiger partial charge in [-0.05, 0) is 49.0 Å². The number of piperazine rings is 1. The molecule has 1 aliphatic rings. The molecule has 0 spiro atoms. The van der Waals surface area contributed by atoms with E-state index < -0.39 is 21.7 Å². The molecule has 1 saturated heterocycles. The topological polar surface area (TPSA) is 69.7 Å². The van der Waals surface area contributed by atoms with Gasteiger partial charge < -0.3 is 4.90 Å². The second kappa shape index (κ2) is 8.16. The van der Waals surface area contributed by atoms with Crippen LogP contribution in [0.5, 0.6) is 0 Å². The summed E-state index contributed by atoms with van der Waals surface area (Å²) >= 11 is 0. The van der Waals surface area contributed by atoms with Gasteiger partial charge in [0.05, 0.1) is 4.90 Å². The SMILES string of the molecule is CN1CCN(Cc2cccc(C(=O)NS(=O)(=O)c3ccc(F)cc3)c2)CC1. The van der Waals surface area contributed by atoms with Gasteiger partial charge >= 0.3 is 0 Å². The van der Waals surface area contributed by atoms with Crippen LogP contribution in [0, 0.1) is 5.82 Å². The molecule has 6 nitrogen and oxygen atoms in total. The first-order valence-corrected chi connectivity index (χ1v) is 10.1. The summed E-state index contributed by atoms with van der Waals surface area (Å²) in [4.78, 5) is 16.8. The van der Waals surface area contributed by atoms with Crippen LogP contribution in [0.15, 0.2) is 53.4 Å². The Morgan fingerprint density at radius 1 is 1.07 bits per heavy atom. The largest absolute Gasteiger partial charge is 0.304 e. The van der Waals surface area contributed by atoms with E-state index in [-0.39, 0.29) is 10.5 Å². The summed E-state index contributed by atoms with van der Waals surface area (Å²) in [6.45, 7) is 4.60. The average molecular weight is 391 g/mol. The van der Waals surface area contributed by atoms with Gasteiger partial charge in [-0.3, -0.25) is 9.69 Å². The Bertz CT molecular complexity index is 908. The van der Waals surface area contributed by atoms with E-state index in [9.17, 15) is 17.6 Å². The zero-order valence-corrected chi connectivity index (χ0v) is 15.9. The van der Waals surface area contributed by atoms with Gasteiger partial charge in [-0.25, -0.2) is 17.5 Å².